The number of hydrogen-bond acceptors (Lipinski definition) is 3. The fraction of sp³-hybridized carbons (Fsp3) is 0.381. The molecule has 0 amide bonds. The van der Waals surface area contributed by atoms with E-state index in [4.69, 9.17) is 4.74 Å². The van der Waals surface area contributed by atoms with Crippen molar-refractivity contribution in [3.05, 3.63) is 59.5 Å². The third-order valence-corrected chi connectivity index (χ3v) is 5.50. The number of carbonyl (C=O) groups is 1. The van der Waals surface area contributed by atoms with E-state index in [2.05, 4.69) is 40.2 Å². The Morgan fingerprint density at radius 1 is 1.27 bits per heavy atom. The van der Waals surface area contributed by atoms with E-state index in [-0.39, 0.29) is 5.97 Å². The molecule has 1 saturated heterocycles. The summed E-state index contributed by atoms with van der Waals surface area (Å²) in [5.41, 5.74) is 4.29. The maximum Gasteiger partial charge on any atom is 0.354 e. The van der Waals surface area contributed by atoms with E-state index in [0.717, 1.165) is 25.3 Å². The summed E-state index contributed by atoms with van der Waals surface area (Å²) in [6.07, 6.45) is 2.40. The summed E-state index contributed by atoms with van der Waals surface area (Å²) in [5, 5.41) is 1.28. The molecule has 1 aromatic carbocycles. The van der Waals surface area contributed by atoms with Gasteiger partial charge in [0.2, 0.25) is 0 Å². The van der Waals surface area contributed by atoms with Crippen molar-refractivity contribution >= 4 is 16.9 Å². The van der Waals surface area contributed by atoms with Crippen molar-refractivity contribution in [2.45, 2.75) is 25.3 Å². The first-order valence-electron chi connectivity index (χ1n) is 9.18. The summed E-state index contributed by atoms with van der Waals surface area (Å²) in [7, 11) is 3.35. The molecule has 3 heterocycles. The zero-order valence-corrected chi connectivity index (χ0v) is 15.4. The highest BCUT2D eigenvalue weighted by molar-refractivity contribution is 5.87. The van der Waals surface area contributed by atoms with Gasteiger partial charge in [-0.1, -0.05) is 18.2 Å². The van der Waals surface area contributed by atoms with Gasteiger partial charge in [0.15, 0.2) is 0 Å². The normalized spacial score (nSPS) is 18.3. The van der Waals surface area contributed by atoms with Crippen LogP contribution in [0.4, 0.5) is 0 Å². The topological polar surface area (TPSA) is 50.3 Å². The number of piperidine rings is 1. The first-order chi connectivity index (χ1) is 12.7. The second-order valence-corrected chi connectivity index (χ2v) is 7.15. The molecule has 2 aromatic heterocycles. The molecule has 0 spiro atoms. The van der Waals surface area contributed by atoms with Crippen LogP contribution in [-0.4, -0.2) is 40.6 Å². The number of carbonyl (C=O) groups excluding carboxylic acids is 1. The average Bonchev–Trinajstić information content (AvgIpc) is 3.25. The predicted molar refractivity (Wildman–Crippen MR) is 102 cm³/mol. The van der Waals surface area contributed by atoms with E-state index in [1.165, 1.54) is 36.5 Å². The Morgan fingerprint density at radius 3 is 2.92 bits per heavy atom. The van der Waals surface area contributed by atoms with Gasteiger partial charge in [-0.2, -0.15) is 0 Å². The van der Waals surface area contributed by atoms with Gasteiger partial charge in [-0.15, -0.1) is 0 Å². The lowest BCUT2D eigenvalue weighted by Crippen LogP contribution is -2.34. The van der Waals surface area contributed by atoms with Crippen molar-refractivity contribution in [1.82, 2.24) is 14.5 Å². The van der Waals surface area contributed by atoms with Crippen LogP contribution in [0.15, 0.2) is 42.5 Å². The minimum atomic E-state index is -0.284. The van der Waals surface area contributed by atoms with Gasteiger partial charge < -0.3 is 14.3 Å². The van der Waals surface area contributed by atoms with E-state index < -0.39 is 0 Å². The van der Waals surface area contributed by atoms with E-state index in [0.29, 0.717) is 11.6 Å². The molecule has 0 bridgehead atoms. The van der Waals surface area contributed by atoms with Crippen molar-refractivity contribution in [1.29, 1.82) is 0 Å². The average molecular weight is 351 g/mol. The summed E-state index contributed by atoms with van der Waals surface area (Å²) < 4.78 is 6.79. The molecule has 1 unspecified atom stereocenters. The Kier molecular flexibility index (Phi) is 4.55. The number of methoxy groups -OCH3 is 1. The monoisotopic (exact) mass is 351 g/mol. The molecule has 4 rings (SSSR count). The second-order valence-electron chi connectivity index (χ2n) is 7.15. The molecule has 0 radical (unpaired) electrons. The minimum Gasteiger partial charge on any atom is -0.464 e. The number of fused-ring (bicyclic) bond motifs is 1. The molecule has 5 heteroatoms. The lowest BCUT2D eigenvalue weighted by atomic mass is 9.94. The van der Waals surface area contributed by atoms with Gasteiger partial charge in [0.05, 0.1) is 7.11 Å². The quantitative estimate of drug-likeness (QED) is 0.730. The van der Waals surface area contributed by atoms with E-state index >= 15 is 0 Å². The molecule has 3 aromatic rings. The van der Waals surface area contributed by atoms with Crippen molar-refractivity contribution in [3.8, 4) is 0 Å². The Labute approximate surface area is 153 Å². The third kappa shape index (κ3) is 3.15. The number of aromatic nitrogens is 2. The molecular formula is C21H25N3O2. The number of rotatable bonds is 4. The van der Waals surface area contributed by atoms with Crippen LogP contribution in [0.5, 0.6) is 0 Å². The van der Waals surface area contributed by atoms with Crippen LogP contribution in [0.25, 0.3) is 10.9 Å². The molecule has 1 aliphatic heterocycles. The Bertz CT molecular complexity index is 891. The number of nitrogens with zero attached hydrogens (tertiary/aromatic N) is 2. The van der Waals surface area contributed by atoms with Gasteiger partial charge in [0, 0.05) is 43.0 Å². The first kappa shape index (κ1) is 16.9. The molecular weight excluding hydrogens is 326 g/mol. The smallest absolute Gasteiger partial charge is 0.354 e. The van der Waals surface area contributed by atoms with E-state index in [1.807, 2.05) is 23.7 Å². The standard InChI is InChI=1S/C21H25N3O2/c1-23-17(9-10-20(23)21(25)26-2)14-24-11-5-7-16(13-24)19-12-15-6-3-4-8-18(15)22-19/h3-4,6,8-10,12,16,22H,5,7,11,13-14H2,1-2H3. The first-order valence-corrected chi connectivity index (χ1v) is 9.18. The number of benzene rings is 1. The SMILES string of the molecule is COC(=O)c1ccc(CN2CCCC(c3cc4ccccc4[nH]3)C2)n1C. The predicted octanol–water partition coefficient (Wildman–Crippen LogP) is 3.67. The lowest BCUT2D eigenvalue weighted by molar-refractivity contribution is 0.0589. The van der Waals surface area contributed by atoms with Crippen LogP contribution in [0.3, 0.4) is 0 Å². The maximum absolute atomic E-state index is 11.8. The van der Waals surface area contributed by atoms with Crippen LogP contribution in [-0.2, 0) is 18.3 Å². The van der Waals surface area contributed by atoms with Gasteiger partial charge in [-0.05, 0) is 49.0 Å². The molecule has 0 aliphatic carbocycles. The molecule has 0 saturated carbocycles. The van der Waals surface area contributed by atoms with Crippen LogP contribution in [0.1, 0.15) is 40.6 Å². The highest BCUT2D eigenvalue weighted by Crippen LogP contribution is 2.29. The lowest BCUT2D eigenvalue weighted by Gasteiger charge is -2.32. The minimum absolute atomic E-state index is 0.284. The highest BCUT2D eigenvalue weighted by atomic mass is 16.5. The Balaban J connectivity index is 1.49. The number of ether oxygens (including phenoxy) is 1. The van der Waals surface area contributed by atoms with Gasteiger partial charge in [0.25, 0.3) is 0 Å². The van der Waals surface area contributed by atoms with Gasteiger partial charge >= 0.3 is 5.97 Å². The summed E-state index contributed by atoms with van der Waals surface area (Å²) in [6, 6.07) is 14.6. The fourth-order valence-corrected chi connectivity index (χ4v) is 4.02. The van der Waals surface area contributed by atoms with Gasteiger partial charge in [-0.25, -0.2) is 4.79 Å². The number of likely N-dealkylation sites (tertiary alicyclic amines) is 1. The molecule has 1 fully saturated rings. The fourth-order valence-electron chi connectivity index (χ4n) is 4.02. The summed E-state index contributed by atoms with van der Waals surface area (Å²) in [5.74, 6) is 0.241. The van der Waals surface area contributed by atoms with Crippen LogP contribution in [0.2, 0.25) is 0 Å². The van der Waals surface area contributed by atoms with Gasteiger partial charge in [0.1, 0.15) is 5.69 Å². The number of esters is 1. The van der Waals surface area contributed by atoms with Crippen LogP contribution >= 0.6 is 0 Å². The van der Waals surface area contributed by atoms with Crippen molar-refractivity contribution in [2.75, 3.05) is 20.2 Å². The number of H-pyrrole nitrogens is 1. The number of nitrogens with one attached hydrogen (secondary N) is 1. The van der Waals surface area contributed by atoms with Crippen molar-refractivity contribution < 1.29 is 9.53 Å². The Hall–Kier alpha value is -2.53. The maximum atomic E-state index is 11.8. The number of para-hydroxylation sites is 1. The number of hydrogen-bond donors (Lipinski definition) is 1. The van der Waals surface area contributed by atoms with Crippen LogP contribution in [0, 0.1) is 0 Å². The molecule has 1 aliphatic rings. The summed E-state index contributed by atoms with van der Waals surface area (Å²) >= 11 is 0. The molecule has 1 N–H and O–H groups in total. The third-order valence-electron chi connectivity index (χ3n) is 5.50. The van der Waals surface area contributed by atoms with E-state index in [9.17, 15) is 4.79 Å². The van der Waals surface area contributed by atoms with Crippen molar-refractivity contribution in [3.63, 3.8) is 0 Å². The van der Waals surface area contributed by atoms with E-state index in [1.54, 1.807) is 0 Å². The summed E-state index contributed by atoms with van der Waals surface area (Å²) in [6.45, 7) is 2.98. The molecule has 26 heavy (non-hydrogen) atoms. The largest absolute Gasteiger partial charge is 0.464 e. The second kappa shape index (κ2) is 7.00. The van der Waals surface area contributed by atoms with Gasteiger partial charge in [-0.3, -0.25) is 4.90 Å². The molecule has 1 atom stereocenters. The number of aromatic amines is 1. The molecule has 136 valence electrons. The zero-order valence-electron chi connectivity index (χ0n) is 15.4. The van der Waals surface area contributed by atoms with Crippen molar-refractivity contribution in [2.24, 2.45) is 7.05 Å². The zero-order chi connectivity index (χ0) is 18.1. The highest BCUT2D eigenvalue weighted by Gasteiger charge is 2.24. The Morgan fingerprint density at radius 2 is 2.12 bits per heavy atom. The van der Waals surface area contributed by atoms with Crippen LogP contribution < -0.4 is 0 Å². The summed E-state index contributed by atoms with van der Waals surface area (Å²) in [4.78, 5) is 17.9. The molecule has 5 nitrogen and oxygen atoms in total.